The van der Waals surface area contributed by atoms with Gasteiger partial charge in [0, 0.05) is 22.2 Å². The highest BCUT2D eigenvalue weighted by Crippen LogP contribution is 2.19. The van der Waals surface area contributed by atoms with E-state index in [-0.39, 0.29) is 17.8 Å². The van der Waals surface area contributed by atoms with Crippen molar-refractivity contribution in [2.75, 3.05) is 6.54 Å². The van der Waals surface area contributed by atoms with Crippen LogP contribution in [0.2, 0.25) is 0 Å². The van der Waals surface area contributed by atoms with Gasteiger partial charge in [-0.25, -0.2) is 0 Å². The fourth-order valence-electron chi connectivity index (χ4n) is 1.23. The molecule has 8 heteroatoms. The highest BCUT2D eigenvalue weighted by molar-refractivity contribution is 14.1. The van der Waals surface area contributed by atoms with Crippen LogP contribution in [0.25, 0.3) is 0 Å². The van der Waals surface area contributed by atoms with Gasteiger partial charge in [-0.1, -0.05) is 6.92 Å². The second kappa shape index (κ2) is 6.45. The van der Waals surface area contributed by atoms with Crippen LogP contribution in [0.1, 0.15) is 17.3 Å². The molecule has 0 aliphatic carbocycles. The first-order valence-corrected chi connectivity index (χ1v) is 6.35. The van der Waals surface area contributed by atoms with E-state index in [0.29, 0.717) is 3.57 Å². The maximum absolute atomic E-state index is 11.8. The minimum atomic E-state index is -1.02. The van der Waals surface area contributed by atoms with Crippen molar-refractivity contribution in [1.29, 1.82) is 0 Å². The van der Waals surface area contributed by atoms with Crippen molar-refractivity contribution in [1.82, 2.24) is 5.32 Å². The lowest BCUT2D eigenvalue weighted by Crippen LogP contribution is -2.31. The molecule has 0 heterocycles. The first-order chi connectivity index (χ1) is 8.82. The van der Waals surface area contributed by atoms with Crippen molar-refractivity contribution in [2.45, 2.75) is 6.92 Å². The summed E-state index contributed by atoms with van der Waals surface area (Å²) in [7, 11) is 0. The smallest absolute Gasteiger partial charge is 0.308 e. The molecule has 0 aromatic heterocycles. The number of halogens is 1. The van der Waals surface area contributed by atoms with Crippen molar-refractivity contribution in [3.05, 3.63) is 37.4 Å². The zero-order valence-electron chi connectivity index (χ0n) is 9.92. The average molecular weight is 378 g/mol. The molecular formula is C11H11IN2O5. The molecule has 102 valence electrons. The predicted molar refractivity (Wildman–Crippen MR) is 74.9 cm³/mol. The van der Waals surface area contributed by atoms with Crippen molar-refractivity contribution >= 4 is 40.2 Å². The molecule has 0 aliphatic rings. The van der Waals surface area contributed by atoms with Crippen LogP contribution in [-0.4, -0.2) is 28.5 Å². The standard InChI is InChI=1S/C11H11IN2O5/c1-6(11(16)17)5-13-10(15)8-4-7(14(18)19)2-3-9(8)12/h2-4,6H,5H2,1H3,(H,13,15)(H,16,17). The third-order valence-electron chi connectivity index (χ3n) is 2.40. The highest BCUT2D eigenvalue weighted by Gasteiger charge is 2.17. The van der Waals surface area contributed by atoms with Gasteiger partial charge in [0.25, 0.3) is 11.6 Å². The number of carboxylic acids is 1. The number of non-ortho nitro benzene ring substituents is 1. The van der Waals surface area contributed by atoms with Gasteiger partial charge < -0.3 is 10.4 Å². The molecule has 1 aromatic rings. The minimum Gasteiger partial charge on any atom is -0.481 e. The molecule has 1 amide bonds. The van der Waals surface area contributed by atoms with E-state index in [4.69, 9.17) is 5.11 Å². The van der Waals surface area contributed by atoms with Gasteiger partial charge in [-0.05, 0) is 28.7 Å². The van der Waals surface area contributed by atoms with Crippen LogP contribution in [0.3, 0.4) is 0 Å². The Morgan fingerprint density at radius 3 is 2.68 bits per heavy atom. The predicted octanol–water partition coefficient (Wildman–Crippen LogP) is 1.65. The third-order valence-corrected chi connectivity index (χ3v) is 3.34. The fraction of sp³-hybridized carbons (Fsp3) is 0.273. The van der Waals surface area contributed by atoms with E-state index < -0.39 is 22.7 Å². The van der Waals surface area contributed by atoms with Crippen LogP contribution < -0.4 is 5.32 Å². The summed E-state index contributed by atoms with van der Waals surface area (Å²) in [6.07, 6.45) is 0. The Morgan fingerprint density at radius 1 is 1.53 bits per heavy atom. The minimum absolute atomic E-state index is 0.0348. The fourth-order valence-corrected chi connectivity index (χ4v) is 1.81. The quantitative estimate of drug-likeness (QED) is 0.460. The number of carbonyl (C=O) groups is 2. The molecule has 0 saturated carbocycles. The highest BCUT2D eigenvalue weighted by atomic mass is 127. The average Bonchev–Trinajstić information content (AvgIpc) is 2.35. The van der Waals surface area contributed by atoms with E-state index in [1.807, 2.05) is 22.6 Å². The summed E-state index contributed by atoms with van der Waals surface area (Å²) in [5, 5.41) is 21.8. The van der Waals surface area contributed by atoms with Crippen LogP contribution in [0.4, 0.5) is 5.69 Å². The Labute approximate surface area is 122 Å². The zero-order valence-corrected chi connectivity index (χ0v) is 12.1. The summed E-state index contributed by atoms with van der Waals surface area (Å²) < 4.78 is 0.559. The number of nitrogens with one attached hydrogen (secondary N) is 1. The number of nitrogens with zero attached hydrogens (tertiary/aromatic N) is 1. The first kappa shape index (κ1) is 15.3. The maximum Gasteiger partial charge on any atom is 0.308 e. The van der Waals surface area contributed by atoms with Crippen molar-refractivity contribution in [2.24, 2.45) is 5.92 Å². The van der Waals surface area contributed by atoms with E-state index >= 15 is 0 Å². The third kappa shape index (κ3) is 4.16. The van der Waals surface area contributed by atoms with E-state index in [0.717, 1.165) is 0 Å². The number of hydrogen-bond donors (Lipinski definition) is 2. The molecule has 0 aliphatic heterocycles. The molecule has 1 rings (SSSR count). The largest absolute Gasteiger partial charge is 0.481 e. The van der Waals surface area contributed by atoms with Crippen LogP contribution >= 0.6 is 22.6 Å². The van der Waals surface area contributed by atoms with Gasteiger partial charge in [0.05, 0.1) is 16.4 Å². The summed E-state index contributed by atoms with van der Waals surface area (Å²) in [5.74, 6) is -2.27. The van der Waals surface area contributed by atoms with Crippen LogP contribution in [0.15, 0.2) is 18.2 Å². The van der Waals surface area contributed by atoms with E-state index in [1.165, 1.54) is 25.1 Å². The molecule has 0 fully saturated rings. The van der Waals surface area contributed by atoms with Gasteiger partial charge in [0.1, 0.15) is 0 Å². The Hall–Kier alpha value is -1.71. The number of hydrogen-bond acceptors (Lipinski definition) is 4. The monoisotopic (exact) mass is 378 g/mol. The molecular weight excluding hydrogens is 367 g/mol. The van der Waals surface area contributed by atoms with Gasteiger partial charge in [-0.2, -0.15) is 0 Å². The molecule has 1 aromatic carbocycles. The Morgan fingerprint density at radius 2 is 2.16 bits per heavy atom. The van der Waals surface area contributed by atoms with E-state index in [9.17, 15) is 19.7 Å². The van der Waals surface area contributed by atoms with Gasteiger partial charge >= 0.3 is 5.97 Å². The topological polar surface area (TPSA) is 110 Å². The molecule has 1 atom stereocenters. The summed E-state index contributed by atoms with van der Waals surface area (Å²) in [6.45, 7) is 1.42. The molecule has 0 bridgehead atoms. The second-order valence-corrected chi connectivity index (χ2v) is 5.03. The zero-order chi connectivity index (χ0) is 14.6. The number of carbonyl (C=O) groups excluding carboxylic acids is 1. The molecule has 7 nitrogen and oxygen atoms in total. The lowest BCUT2D eigenvalue weighted by Gasteiger charge is -2.09. The van der Waals surface area contributed by atoms with Gasteiger partial charge in [0.2, 0.25) is 0 Å². The maximum atomic E-state index is 11.8. The number of rotatable bonds is 5. The number of nitro benzene ring substituents is 1. The van der Waals surface area contributed by atoms with Crippen LogP contribution in [-0.2, 0) is 4.79 Å². The normalized spacial score (nSPS) is 11.7. The number of aliphatic carboxylic acids is 1. The Kier molecular flexibility index (Phi) is 5.21. The van der Waals surface area contributed by atoms with E-state index in [2.05, 4.69) is 5.32 Å². The molecule has 0 radical (unpaired) electrons. The first-order valence-electron chi connectivity index (χ1n) is 5.28. The lowest BCUT2D eigenvalue weighted by atomic mass is 10.1. The van der Waals surface area contributed by atoms with Gasteiger partial charge in [-0.3, -0.25) is 19.7 Å². The summed E-state index contributed by atoms with van der Waals surface area (Å²) >= 11 is 1.89. The number of benzene rings is 1. The number of nitro groups is 1. The molecule has 0 saturated heterocycles. The summed E-state index contributed by atoms with van der Waals surface area (Å²) in [6, 6.07) is 3.94. The van der Waals surface area contributed by atoms with Gasteiger partial charge in [0.15, 0.2) is 0 Å². The van der Waals surface area contributed by atoms with E-state index in [1.54, 1.807) is 0 Å². The SMILES string of the molecule is CC(CNC(=O)c1cc([N+](=O)[O-])ccc1I)C(=O)O. The summed E-state index contributed by atoms with van der Waals surface area (Å²) in [4.78, 5) is 32.5. The molecule has 19 heavy (non-hydrogen) atoms. The van der Waals surface area contributed by atoms with Crippen LogP contribution in [0.5, 0.6) is 0 Å². The number of carboxylic acid groups (broad SMARTS) is 1. The lowest BCUT2D eigenvalue weighted by molar-refractivity contribution is -0.384. The Balaban J connectivity index is 2.84. The summed E-state index contributed by atoms with van der Waals surface area (Å²) in [5.41, 5.74) is -0.0239. The molecule has 2 N–H and O–H groups in total. The van der Waals surface area contributed by atoms with Crippen molar-refractivity contribution in [3.63, 3.8) is 0 Å². The Bertz CT molecular complexity index is 532. The van der Waals surface area contributed by atoms with Crippen molar-refractivity contribution in [3.8, 4) is 0 Å². The van der Waals surface area contributed by atoms with Crippen LogP contribution in [0, 0.1) is 19.6 Å². The molecule has 0 spiro atoms. The number of amides is 1. The van der Waals surface area contributed by atoms with Gasteiger partial charge in [-0.15, -0.1) is 0 Å². The second-order valence-electron chi connectivity index (χ2n) is 3.87. The van der Waals surface area contributed by atoms with Crippen molar-refractivity contribution < 1.29 is 19.6 Å². The molecule has 1 unspecified atom stereocenters.